The lowest BCUT2D eigenvalue weighted by molar-refractivity contribution is -0.927. The number of rotatable bonds is 6. The van der Waals surface area contributed by atoms with Crippen LogP contribution in [0.2, 0.25) is 0 Å². The monoisotopic (exact) mass is 415 g/mol. The molecule has 160 valence electrons. The second-order valence-electron chi connectivity index (χ2n) is 8.71. The fourth-order valence-electron chi connectivity index (χ4n) is 4.42. The van der Waals surface area contributed by atoms with E-state index in [1.807, 2.05) is 60.7 Å². The number of carbonyl (C=O) groups excluding carboxylic acids is 1. The number of benzene rings is 3. The highest BCUT2D eigenvalue weighted by Gasteiger charge is 2.32. The lowest BCUT2D eigenvalue weighted by atomic mass is 9.99. The largest absolute Gasteiger partial charge is 0.446 e. The molecular weight excluding hydrogens is 384 g/mol. The topological polar surface area (TPSA) is 38.3 Å². The Labute approximate surface area is 185 Å². The van der Waals surface area contributed by atoms with E-state index in [9.17, 15) is 4.79 Å². The average Bonchev–Trinajstić information content (AvgIpc) is 2.81. The first kappa shape index (κ1) is 21.1. The molecule has 1 amide bonds. The van der Waals surface area contributed by atoms with Gasteiger partial charge in [-0.15, -0.1) is 0 Å². The summed E-state index contributed by atoms with van der Waals surface area (Å²) in [5.74, 6) is 0. The molecule has 1 fully saturated rings. The standard InChI is InChI=1S/C27H30N2O2/c1-29(21-22-11-5-2-6-12-22)19-17-25(18-20-29)31-27(30)28-26(23-13-7-3-8-14-23)24-15-9-4-10-16-24/h2-16,25-26H,17-21H2,1H3/p+1. The third kappa shape index (κ3) is 5.74. The number of hydrogen-bond acceptors (Lipinski definition) is 2. The maximum Gasteiger partial charge on any atom is 0.408 e. The summed E-state index contributed by atoms with van der Waals surface area (Å²) in [7, 11) is 2.30. The van der Waals surface area contributed by atoms with Crippen LogP contribution in [0.15, 0.2) is 91.0 Å². The van der Waals surface area contributed by atoms with Crippen LogP contribution < -0.4 is 5.32 Å². The molecule has 31 heavy (non-hydrogen) atoms. The highest BCUT2D eigenvalue weighted by Crippen LogP contribution is 2.25. The molecular formula is C27H31N2O2+. The number of nitrogens with one attached hydrogen (secondary N) is 1. The first-order valence-electron chi connectivity index (χ1n) is 11.1. The first-order valence-corrected chi connectivity index (χ1v) is 11.1. The van der Waals surface area contributed by atoms with Crippen LogP contribution in [0.3, 0.4) is 0 Å². The summed E-state index contributed by atoms with van der Waals surface area (Å²) in [5.41, 5.74) is 3.44. The molecule has 1 saturated heterocycles. The summed E-state index contributed by atoms with van der Waals surface area (Å²) in [6.45, 7) is 3.03. The average molecular weight is 416 g/mol. The Morgan fingerprint density at radius 2 is 1.35 bits per heavy atom. The molecule has 3 aromatic rings. The molecule has 4 heteroatoms. The normalized spacial score (nSPS) is 20.9. The predicted octanol–water partition coefficient (Wildman–Crippen LogP) is 5.31. The van der Waals surface area contributed by atoms with Crippen molar-refractivity contribution in [2.24, 2.45) is 0 Å². The van der Waals surface area contributed by atoms with Crippen LogP contribution in [0.1, 0.15) is 35.6 Å². The van der Waals surface area contributed by atoms with Crippen LogP contribution in [0.5, 0.6) is 0 Å². The van der Waals surface area contributed by atoms with Gasteiger partial charge in [-0.05, 0) is 11.1 Å². The highest BCUT2D eigenvalue weighted by atomic mass is 16.6. The van der Waals surface area contributed by atoms with E-state index in [1.165, 1.54) is 5.56 Å². The van der Waals surface area contributed by atoms with Gasteiger partial charge in [0.15, 0.2) is 0 Å². The second kappa shape index (κ2) is 9.80. The Bertz CT molecular complexity index is 913. The fraction of sp³-hybridized carbons (Fsp3) is 0.296. The number of hydrogen-bond donors (Lipinski definition) is 1. The van der Waals surface area contributed by atoms with E-state index < -0.39 is 0 Å². The molecule has 0 unspecified atom stereocenters. The van der Waals surface area contributed by atoms with E-state index in [-0.39, 0.29) is 18.2 Å². The minimum atomic E-state index is -0.345. The molecule has 4 nitrogen and oxygen atoms in total. The van der Waals surface area contributed by atoms with Gasteiger partial charge in [0.2, 0.25) is 0 Å². The number of nitrogens with zero attached hydrogens (tertiary/aromatic N) is 1. The Morgan fingerprint density at radius 1 is 0.871 bits per heavy atom. The van der Waals surface area contributed by atoms with Crippen LogP contribution in [0.4, 0.5) is 4.79 Å². The summed E-state index contributed by atoms with van der Waals surface area (Å²) in [4.78, 5) is 12.8. The van der Waals surface area contributed by atoms with Crippen molar-refractivity contribution in [2.75, 3.05) is 20.1 Å². The van der Waals surface area contributed by atoms with Crippen LogP contribution in [0, 0.1) is 0 Å². The summed E-state index contributed by atoms with van der Waals surface area (Å²) in [5, 5.41) is 3.09. The molecule has 0 aromatic heterocycles. The van der Waals surface area contributed by atoms with Gasteiger partial charge in [0, 0.05) is 18.4 Å². The van der Waals surface area contributed by atoms with Gasteiger partial charge in [-0.2, -0.15) is 0 Å². The highest BCUT2D eigenvalue weighted by molar-refractivity contribution is 5.69. The van der Waals surface area contributed by atoms with Crippen LogP contribution in [-0.4, -0.2) is 36.8 Å². The number of carbonyl (C=O) groups is 1. The summed E-state index contributed by atoms with van der Waals surface area (Å²) < 4.78 is 6.84. The number of ether oxygens (including phenoxy) is 1. The molecule has 1 aliphatic rings. The third-order valence-electron chi connectivity index (χ3n) is 6.19. The molecule has 1 N–H and O–H groups in total. The lowest BCUT2D eigenvalue weighted by Crippen LogP contribution is -2.51. The number of alkyl carbamates (subject to hydrolysis) is 1. The molecule has 0 bridgehead atoms. The minimum Gasteiger partial charge on any atom is -0.446 e. The van der Waals surface area contributed by atoms with Crippen LogP contribution in [0.25, 0.3) is 0 Å². The van der Waals surface area contributed by atoms with E-state index in [1.54, 1.807) is 0 Å². The van der Waals surface area contributed by atoms with E-state index in [4.69, 9.17) is 4.74 Å². The SMILES string of the molecule is C[N+]1(Cc2ccccc2)CCC(OC(=O)NC(c2ccccc2)c2ccccc2)CC1. The Balaban J connectivity index is 1.35. The van der Waals surface area contributed by atoms with E-state index >= 15 is 0 Å². The van der Waals surface area contributed by atoms with Gasteiger partial charge in [-0.25, -0.2) is 4.79 Å². The van der Waals surface area contributed by atoms with Crippen molar-refractivity contribution in [3.8, 4) is 0 Å². The molecule has 4 rings (SSSR count). The van der Waals surface area contributed by atoms with Gasteiger partial charge >= 0.3 is 6.09 Å². The summed E-state index contributed by atoms with van der Waals surface area (Å²) in [6, 6.07) is 30.5. The van der Waals surface area contributed by atoms with Crippen molar-refractivity contribution in [1.29, 1.82) is 0 Å². The third-order valence-corrected chi connectivity index (χ3v) is 6.19. The van der Waals surface area contributed by atoms with Crippen molar-refractivity contribution >= 4 is 6.09 Å². The van der Waals surface area contributed by atoms with E-state index in [0.29, 0.717) is 0 Å². The molecule has 0 aliphatic carbocycles. The zero-order valence-electron chi connectivity index (χ0n) is 18.1. The van der Waals surface area contributed by atoms with Crippen LogP contribution in [-0.2, 0) is 11.3 Å². The Hall–Kier alpha value is -3.11. The number of quaternary nitrogens is 1. The van der Waals surface area contributed by atoms with Gasteiger partial charge in [-0.1, -0.05) is 91.0 Å². The smallest absolute Gasteiger partial charge is 0.408 e. The molecule has 1 aliphatic heterocycles. The quantitative estimate of drug-likeness (QED) is 0.554. The Morgan fingerprint density at radius 3 is 1.87 bits per heavy atom. The van der Waals surface area contributed by atoms with Gasteiger partial charge in [0.25, 0.3) is 0 Å². The van der Waals surface area contributed by atoms with Gasteiger partial charge in [-0.3, -0.25) is 0 Å². The summed E-state index contributed by atoms with van der Waals surface area (Å²) >= 11 is 0. The number of amides is 1. The zero-order chi connectivity index (χ0) is 21.5. The van der Waals surface area contributed by atoms with Crippen molar-refractivity contribution in [3.63, 3.8) is 0 Å². The van der Waals surface area contributed by atoms with Crippen LogP contribution >= 0.6 is 0 Å². The Kier molecular flexibility index (Phi) is 6.68. The molecule has 3 aromatic carbocycles. The summed E-state index contributed by atoms with van der Waals surface area (Å²) in [6.07, 6.45) is 1.40. The van der Waals surface area contributed by atoms with Crippen molar-refractivity contribution in [3.05, 3.63) is 108 Å². The van der Waals surface area contributed by atoms with E-state index in [2.05, 4.69) is 42.7 Å². The molecule has 1 heterocycles. The van der Waals surface area contributed by atoms with Gasteiger partial charge in [0.05, 0.1) is 26.2 Å². The zero-order valence-corrected chi connectivity index (χ0v) is 18.1. The van der Waals surface area contributed by atoms with Crippen molar-refractivity contribution < 1.29 is 14.0 Å². The van der Waals surface area contributed by atoms with Crippen molar-refractivity contribution in [1.82, 2.24) is 5.32 Å². The first-order chi connectivity index (χ1) is 15.1. The van der Waals surface area contributed by atoms with E-state index in [0.717, 1.165) is 48.1 Å². The van der Waals surface area contributed by atoms with Gasteiger partial charge < -0.3 is 14.5 Å². The van der Waals surface area contributed by atoms with Crippen molar-refractivity contribution in [2.45, 2.75) is 31.5 Å². The predicted molar refractivity (Wildman–Crippen MR) is 123 cm³/mol. The lowest BCUT2D eigenvalue weighted by Gasteiger charge is -2.40. The molecule has 0 saturated carbocycles. The second-order valence-corrected chi connectivity index (χ2v) is 8.71. The molecule has 0 radical (unpaired) electrons. The number of likely N-dealkylation sites (tertiary alicyclic amines) is 1. The molecule has 0 atom stereocenters. The maximum absolute atomic E-state index is 12.8. The fourth-order valence-corrected chi connectivity index (χ4v) is 4.42. The molecule has 0 spiro atoms. The number of piperidine rings is 1. The van der Waals surface area contributed by atoms with Gasteiger partial charge in [0.1, 0.15) is 12.6 Å². The maximum atomic E-state index is 12.8. The minimum absolute atomic E-state index is 0.0332.